The summed E-state index contributed by atoms with van der Waals surface area (Å²) >= 11 is 0. The molecule has 20 heavy (non-hydrogen) atoms. The van der Waals surface area contributed by atoms with E-state index in [4.69, 9.17) is 0 Å². The van der Waals surface area contributed by atoms with Crippen LogP contribution in [0, 0.1) is 0 Å². The van der Waals surface area contributed by atoms with E-state index in [0.29, 0.717) is 6.04 Å². The molecule has 0 saturated heterocycles. The lowest BCUT2D eigenvalue weighted by molar-refractivity contribution is 0.251. The number of hydrogen-bond donors (Lipinski definition) is 1. The van der Waals surface area contributed by atoms with E-state index in [1.807, 2.05) is 0 Å². The first-order chi connectivity index (χ1) is 9.15. The average molecular weight is 326 g/mol. The Morgan fingerprint density at radius 1 is 1.05 bits per heavy atom. The first-order valence-corrected chi connectivity index (χ1v) is 10.7. The van der Waals surface area contributed by atoms with Gasteiger partial charge in [0, 0.05) is 25.4 Å². The zero-order chi connectivity index (χ0) is 15.4. The van der Waals surface area contributed by atoms with E-state index in [9.17, 15) is 16.8 Å². The smallest absolute Gasteiger partial charge is 0.215 e. The van der Waals surface area contributed by atoms with Crippen LogP contribution in [0.3, 0.4) is 0 Å². The minimum Gasteiger partial charge on any atom is -0.314 e. The van der Waals surface area contributed by atoms with E-state index in [-0.39, 0.29) is 17.5 Å². The molecule has 1 N–H and O–H groups in total. The van der Waals surface area contributed by atoms with Gasteiger partial charge in [-0.15, -0.1) is 0 Å². The normalized spacial score (nSPS) is 25.0. The third-order valence-electron chi connectivity index (χ3n) is 3.85. The van der Waals surface area contributed by atoms with E-state index < -0.39 is 19.9 Å². The lowest BCUT2D eigenvalue weighted by atomic mass is 9.91. The average Bonchev–Trinajstić information content (AvgIpc) is 2.36. The predicted molar refractivity (Wildman–Crippen MR) is 81.0 cm³/mol. The Balaban J connectivity index is 2.55. The summed E-state index contributed by atoms with van der Waals surface area (Å²) in [4.78, 5) is 0. The SMILES string of the molecule is CCNC1CCC(N(C)S(=O)(=O)CCS(C)(=O)=O)CC1. The minimum absolute atomic E-state index is 0.00512. The summed E-state index contributed by atoms with van der Waals surface area (Å²) < 4.78 is 47.8. The monoisotopic (exact) mass is 326 g/mol. The molecule has 0 aromatic heterocycles. The second-order valence-corrected chi connectivity index (χ2v) is 9.93. The summed E-state index contributed by atoms with van der Waals surface area (Å²) in [5.41, 5.74) is 0. The van der Waals surface area contributed by atoms with Gasteiger partial charge in [-0.3, -0.25) is 0 Å². The van der Waals surface area contributed by atoms with E-state index in [1.165, 1.54) is 4.31 Å². The minimum atomic E-state index is -3.49. The van der Waals surface area contributed by atoms with Gasteiger partial charge < -0.3 is 5.32 Å². The van der Waals surface area contributed by atoms with Crippen LogP contribution in [0.1, 0.15) is 32.6 Å². The van der Waals surface area contributed by atoms with Gasteiger partial charge in [0.2, 0.25) is 10.0 Å². The van der Waals surface area contributed by atoms with Crippen molar-refractivity contribution in [3.05, 3.63) is 0 Å². The molecule has 1 fully saturated rings. The highest BCUT2D eigenvalue weighted by Crippen LogP contribution is 2.24. The van der Waals surface area contributed by atoms with Crippen molar-refractivity contribution in [1.29, 1.82) is 0 Å². The summed E-state index contributed by atoms with van der Waals surface area (Å²) in [5.74, 6) is -0.637. The molecular formula is C12H26N2O4S2. The van der Waals surface area contributed by atoms with Crippen LogP contribution in [0.5, 0.6) is 0 Å². The van der Waals surface area contributed by atoms with Gasteiger partial charge in [-0.05, 0) is 32.2 Å². The standard InChI is InChI=1S/C12H26N2O4S2/c1-4-13-11-5-7-12(8-6-11)14(2)20(17,18)10-9-19(3,15)16/h11-13H,4-10H2,1-3H3. The number of nitrogens with zero attached hydrogens (tertiary/aromatic N) is 1. The Morgan fingerprint density at radius 2 is 1.60 bits per heavy atom. The number of rotatable bonds is 7. The van der Waals surface area contributed by atoms with Crippen molar-refractivity contribution in [2.24, 2.45) is 0 Å². The van der Waals surface area contributed by atoms with E-state index in [2.05, 4.69) is 12.2 Å². The zero-order valence-corrected chi connectivity index (χ0v) is 14.1. The Hall–Kier alpha value is -0.180. The predicted octanol–water partition coefficient (Wildman–Crippen LogP) is 0.213. The quantitative estimate of drug-likeness (QED) is 0.723. The van der Waals surface area contributed by atoms with Crippen LogP contribution in [-0.2, 0) is 19.9 Å². The number of sulfonamides is 1. The molecule has 0 radical (unpaired) electrons. The van der Waals surface area contributed by atoms with Crippen LogP contribution in [0.15, 0.2) is 0 Å². The molecule has 120 valence electrons. The maximum Gasteiger partial charge on any atom is 0.215 e. The third kappa shape index (κ3) is 5.67. The lowest BCUT2D eigenvalue weighted by Gasteiger charge is -2.34. The first kappa shape index (κ1) is 17.9. The molecule has 1 aliphatic rings. The van der Waals surface area contributed by atoms with Crippen molar-refractivity contribution >= 4 is 19.9 Å². The fraction of sp³-hybridized carbons (Fsp3) is 1.00. The van der Waals surface area contributed by atoms with Gasteiger partial charge in [-0.25, -0.2) is 21.1 Å². The Labute approximate surface area is 122 Å². The Morgan fingerprint density at radius 3 is 2.05 bits per heavy atom. The largest absolute Gasteiger partial charge is 0.314 e. The fourth-order valence-electron chi connectivity index (χ4n) is 2.56. The molecule has 1 saturated carbocycles. The first-order valence-electron chi connectivity index (χ1n) is 7.02. The van der Waals surface area contributed by atoms with Crippen molar-refractivity contribution < 1.29 is 16.8 Å². The highest BCUT2D eigenvalue weighted by atomic mass is 32.2. The van der Waals surface area contributed by atoms with E-state index in [0.717, 1.165) is 38.5 Å². The van der Waals surface area contributed by atoms with Crippen LogP contribution in [-0.4, -0.2) is 64.6 Å². The molecule has 1 aliphatic carbocycles. The Kier molecular flexibility index (Phi) is 6.43. The second-order valence-electron chi connectivity index (χ2n) is 5.53. The van der Waals surface area contributed by atoms with Crippen LogP contribution < -0.4 is 5.32 Å². The summed E-state index contributed by atoms with van der Waals surface area (Å²) in [7, 11) is -5.18. The summed E-state index contributed by atoms with van der Waals surface area (Å²) in [6.07, 6.45) is 4.64. The van der Waals surface area contributed by atoms with Crippen LogP contribution in [0.4, 0.5) is 0 Å². The van der Waals surface area contributed by atoms with E-state index in [1.54, 1.807) is 7.05 Å². The van der Waals surface area contributed by atoms with Crippen molar-refractivity contribution in [2.45, 2.75) is 44.7 Å². The van der Waals surface area contributed by atoms with Gasteiger partial charge in [0.1, 0.15) is 9.84 Å². The molecule has 0 heterocycles. The van der Waals surface area contributed by atoms with Crippen LogP contribution in [0.25, 0.3) is 0 Å². The Bertz CT molecular complexity index is 494. The molecule has 6 nitrogen and oxygen atoms in total. The van der Waals surface area contributed by atoms with Gasteiger partial charge in [-0.2, -0.15) is 0 Å². The van der Waals surface area contributed by atoms with Gasteiger partial charge in [0.05, 0.1) is 11.5 Å². The number of sulfone groups is 1. The van der Waals surface area contributed by atoms with Crippen molar-refractivity contribution in [1.82, 2.24) is 9.62 Å². The molecule has 8 heteroatoms. The van der Waals surface area contributed by atoms with E-state index >= 15 is 0 Å². The molecular weight excluding hydrogens is 300 g/mol. The van der Waals surface area contributed by atoms with Gasteiger partial charge in [-0.1, -0.05) is 6.92 Å². The number of nitrogens with one attached hydrogen (secondary N) is 1. The molecule has 0 spiro atoms. The van der Waals surface area contributed by atoms with Crippen molar-refractivity contribution in [3.8, 4) is 0 Å². The molecule has 0 bridgehead atoms. The van der Waals surface area contributed by atoms with Crippen molar-refractivity contribution in [3.63, 3.8) is 0 Å². The molecule has 0 atom stereocenters. The summed E-state index contributed by atoms with van der Waals surface area (Å²) in [6, 6.07) is 0.470. The highest BCUT2D eigenvalue weighted by Gasteiger charge is 2.30. The summed E-state index contributed by atoms with van der Waals surface area (Å²) in [6.45, 7) is 2.99. The molecule has 1 rings (SSSR count). The van der Waals surface area contributed by atoms with Gasteiger partial charge in [0.25, 0.3) is 0 Å². The lowest BCUT2D eigenvalue weighted by Crippen LogP contribution is -2.44. The maximum absolute atomic E-state index is 12.1. The topological polar surface area (TPSA) is 83.6 Å². The second kappa shape index (κ2) is 7.20. The van der Waals surface area contributed by atoms with Crippen LogP contribution >= 0.6 is 0 Å². The molecule has 0 aromatic rings. The zero-order valence-electron chi connectivity index (χ0n) is 12.5. The molecule has 0 amide bonds. The third-order valence-corrected chi connectivity index (χ3v) is 6.95. The highest BCUT2D eigenvalue weighted by molar-refractivity contribution is 7.93. The van der Waals surface area contributed by atoms with Gasteiger partial charge >= 0.3 is 0 Å². The fourth-order valence-corrected chi connectivity index (χ4v) is 5.57. The van der Waals surface area contributed by atoms with Crippen LogP contribution in [0.2, 0.25) is 0 Å². The number of hydrogen-bond acceptors (Lipinski definition) is 5. The maximum atomic E-state index is 12.1. The molecule has 0 aromatic carbocycles. The molecule has 0 unspecified atom stereocenters. The van der Waals surface area contributed by atoms with Gasteiger partial charge in [0.15, 0.2) is 0 Å². The molecule has 0 aliphatic heterocycles. The van der Waals surface area contributed by atoms with Crippen molar-refractivity contribution in [2.75, 3.05) is 31.4 Å². The summed E-state index contributed by atoms with van der Waals surface area (Å²) in [5, 5.41) is 3.38.